The fourth-order valence-corrected chi connectivity index (χ4v) is 2.55. The molecule has 1 aliphatic rings. The maximum Gasteiger partial charge on any atom is 0.256 e. The second-order valence-electron chi connectivity index (χ2n) is 5.32. The van der Waals surface area contributed by atoms with Crippen molar-refractivity contribution in [1.29, 1.82) is 0 Å². The van der Waals surface area contributed by atoms with Gasteiger partial charge in [0.25, 0.3) is 5.91 Å². The molecule has 0 aliphatic carbocycles. The minimum absolute atomic E-state index is 0.0142. The summed E-state index contributed by atoms with van der Waals surface area (Å²) in [4.78, 5) is 14.4. The van der Waals surface area contributed by atoms with Gasteiger partial charge in [0.05, 0.1) is 18.2 Å². The average molecular weight is 262 g/mol. The molecule has 1 heterocycles. The third-order valence-electron chi connectivity index (χ3n) is 3.45. The SMILES string of the molecule is CC(C)Nc1ccccc1C(=O)N1CCCC1CO. The third-order valence-corrected chi connectivity index (χ3v) is 3.45. The lowest BCUT2D eigenvalue weighted by Gasteiger charge is -2.24. The van der Waals surface area contributed by atoms with E-state index in [0.29, 0.717) is 5.56 Å². The highest BCUT2D eigenvalue weighted by atomic mass is 16.3. The van der Waals surface area contributed by atoms with Gasteiger partial charge in [0.1, 0.15) is 0 Å². The highest BCUT2D eigenvalue weighted by molar-refractivity contribution is 6.00. The predicted octanol–water partition coefficient (Wildman–Crippen LogP) is 2.10. The summed E-state index contributed by atoms with van der Waals surface area (Å²) in [5.74, 6) is 0.0142. The highest BCUT2D eigenvalue weighted by Crippen LogP contribution is 2.24. The number of hydrogen-bond acceptors (Lipinski definition) is 3. The fraction of sp³-hybridized carbons (Fsp3) is 0.533. The first-order valence-corrected chi connectivity index (χ1v) is 6.91. The predicted molar refractivity (Wildman–Crippen MR) is 76.3 cm³/mol. The molecule has 1 amide bonds. The van der Waals surface area contributed by atoms with Crippen LogP contribution in [0.2, 0.25) is 0 Å². The topological polar surface area (TPSA) is 52.6 Å². The average Bonchev–Trinajstić information content (AvgIpc) is 2.86. The van der Waals surface area contributed by atoms with E-state index in [2.05, 4.69) is 5.32 Å². The van der Waals surface area contributed by atoms with Crippen molar-refractivity contribution >= 4 is 11.6 Å². The molecule has 1 aliphatic heterocycles. The van der Waals surface area contributed by atoms with Crippen LogP contribution in [0, 0.1) is 0 Å². The molecule has 0 spiro atoms. The van der Waals surface area contributed by atoms with E-state index < -0.39 is 0 Å². The summed E-state index contributed by atoms with van der Waals surface area (Å²) < 4.78 is 0. The zero-order valence-corrected chi connectivity index (χ0v) is 11.6. The van der Waals surface area contributed by atoms with Crippen LogP contribution in [0.25, 0.3) is 0 Å². The molecule has 1 unspecified atom stereocenters. The number of aliphatic hydroxyl groups is 1. The van der Waals surface area contributed by atoms with Crippen molar-refractivity contribution in [3.05, 3.63) is 29.8 Å². The van der Waals surface area contributed by atoms with Gasteiger partial charge in [0.2, 0.25) is 0 Å². The Balaban J connectivity index is 2.23. The molecule has 19 heavy (non-hydrogen) atoms. The first kappa shape index (κ1) is 13.9. The molecule has 2 N–H and O–H groups in total. The van der Waals surface area contributed by atoms with Crippen LogP contribution < -0.4 is 5.32 Å². The Kier molecular flexibility index (Phi) is 4.43. The summed E-state index contributed by atoms with van der Waals surface area (Å²) >= 11 is 0. The van der Waals surface area contributed by atoms with Crippen molar-refractivity contribution in [2.24, 2.45) is 0 Å². The number of benzene rings is 1. The molecule has 0 aromatic heterocycles. The summed E-state index contributed by atoms with van der Waals surface area (Å²) in [6, 6.07) is 7.83. The van der Waals surface area contributed by atoms with Crippen LogP contribution in [0.5, 0.6) is 0 Å². The van der Waals surface area contributed by atoms with E-state index >= 15 is 0 Å². The number of nitrogens with one attached hydrogen (secondary N) is 1. The molecule has 1 atom stereocenters. The van der Waals surface area contributed by atoms with Crippen molar-refractivity contribution in [1.82, 2.24) is 4.90 Å². The number of amides is 1. The van der Waals surface area contributed by atoms with Crippen molar-refractivity contribution in [3.63, 3.8) is 0 Å². The van der Waals surface area contributed by atoms with Gasteiger partial charge in [-0.15, -0.1) is 0 Å². The van der Waals surface area contributed by atoms with Crippen molar-refractivity contribution < 1.29 is 9.90 Å². The smallest absolute Gasteiger partial charge is 0.256 e. The normalized spacial score (nSPS) is 18.9. The summed E-state index contributed by atoms with van der Waals surface area (Å²) in [6.07, 6.45) is 1.86. The Morgan fingerprint density at radius 1 is 1.47 bits per heavy atom. The number of nitrogens with zero attached hydrogens (tertiary/aromatic N) is 1. The lowest BCUT2D eigenvalue weighted by atomic mass is 10.1. The Morgan fingerprint density at radius 3 is 2.89 bits per heavy atom. The molecule has 0 bridgehead atoms. The van der Waals surface area contributed by atoms with Crippen LogP contribution in [0.15, 0.2) is 24.3 Å². The Bertz CT molecular complexity index is 446. The van der Waals surface area contributed by atoms with Gasteiger partial charge in [-0.2, -0.15) is 0 Å². The number of carbonyl (C=O) groups is 1. The number of para-hydroxylation sites is 1. The molecule has 4 nitrogen and oxygen atoms in total. The highest BCUT2D eigenvalue weighted by Gasteiger charge is 2.29. The van der Waals surface area contributed by atoms with Crippen molar-refractivity contribution in [3.8, 4) is 0 Å². The first-order valence-electron chi connectivity index (χ1n) is 6.91. The molecular formula is C15H22N2O2. The maximum absolute atomic E-state index is 12.6. The van der Waals surface area contributed by atoms with Crippen LogP contribution in [0.3, 0.4) is 0 Å². The van der Waals surface area contributed by atoms with Crippen molar-refractivity contribution in [2.45, 2.75) is 38.8 Å². The molecule has 4 heteroatoms. The molecule has 1 aromatic carbocycles. The Hall–Kier alpha value is -1.55. The van der Waals surface area contributed by atoms with Gasteiger partial charge in [0.15, 0.2) is 0 Å². The quantitative estimate of drug-likeness (QED) is 0.873. The number of carbonyl (C=O) groups excluding carboxylic acids is 1. The maximum atomic E-state index is 12.6. The van der Waals surface area contributed by atoms with Crippen LogP contribution in [0.4, 0.5) is 5.69 Å². The summed E-state index contributed by atoms with van der Waals surface area (Å²) in [7, 11) is 0. The van der Waals surface area contributed by atoms with E-state index in [-0.39, 0.29) is 24.6 Å². The molecule has 0 saturated carbocycles. The van der Waals surface area contributed by atoms with Crippen LogP contribution in [-0.2, 0) is 0 Å². The summed E-state index contributed by atoms with van der Waals surface area (Å²) in [6.45, 7) is 4.88. The van der Waals surface area contributed by atoms with E-state index in [4.69, 9.17) is 0 Å². The fourth-order valence-electron chi connectivity index (χ4n) is 2.55. The second kappa shape index (κ2) is 6.06. The molecule has 1 saturated heterocycles. The zero-order chi connectivity index (χ0) is 13.8. The van der Waals surface area contributed by atoms with E-state index in [1.165, 1.54) is 0 Å². The number of rotatable bonds is 4. The van der Waals surface area contributed by atoms with E-state index in [1.807, 2.05) is 38.1 Å². The molecule has 104 valence electrons. The number of likely N-dealkylation sites (tertiary alicyclic amines) is 1. The lowest BCUT2D eigenvalue weighted by molar-refractivity contribution is 0.0678. The molecule has 0 radical (unpaired) electrons. The van der Waals surface area contributed by atoms with Crippen LogP contribution in [-0.4, -0.2) is 41.1 Å². The minimum atomic E-state index is -0.0281. The van der Waals surface area contributed by atoms with Gasteiger partial charge in [-0.05, 0) is 38.8 Å². The first-order chi connectivity index (χ1) is 9.13. The largest absolute Gasteiger partial charge is 0.394 e. The minimum Gasteiger partial charge on any atom is -0.394 e. The van der Waals surface area contributed by atoms with E-state index in [1.54, 1.807) is 4.90 Å². The molecule has 1 fully saturated rings. The van der Waals surface area contributed by atoms with Gasteiger partial charge in [-0.1, -0.05) is 12.1 Å². The standard InChI is InChI=1S/C15H22N2O2/c1-11(2)16-14-8-4-3-7-13(14)15(19)17-9-5-6-12(17)10-18/h3-4,7-8,11-12,16,18H,5-6,9-10H2,1-2H3. The summed E-state index contributed by atoms with van der Waals surface area (Å²) in [5.41, 5.74) is 1.56. The lowest BCUT2D eigenvalue weighted by Crippen LogP contribution is -2.38. The summed E-state index contributed by atoms with van der Waals surface area (Å²) in [5, 5.41) is 12.6. The monoisotopic (exact) mass is 262 g/mol. The van der Waals surface area contributed by atoms with E-state index in [0.717, 1.165) is 25.1 Å². The van der Waals surface area contributed by atoms with Gasteiger partial charge in [-0.25, -0.2) is 0 Å². The Morgan fingerprint density at radius 2 is 2.21 bits per heavy atom. The van der Waals surface area contributed by atoms with Gasteiger partial charge < -0.3 is 15.3 Å². The van der Waals surface area contributed by atoms with Crippen LogP contribution in [0.1, 0.15) is 37.0 Å². The molecular weight excluding hydrogens is 240 g/mol. The number of aliphatic hydroxyl groups excluding tert-OH is 1. The van der Waals surface area contributed by atoms with Gasteiger partial charge in [-0.3, -0.25) is 4.79 Å². The Labute approximate surface area is 114 Å². The number of hydrogen-bond donors (Lipinski definition) is 2. The van der Waals surface area contributed by atoms with Crippen molar-refractivity contribution in [2.75, 3.05) is 18.5 Å². The van der Waals surface area contributed by atoms with Crippen LogP contribution >= 0.6 is 0 Å². The zero-order valence-electron chi connectivity index (χ0n) is 11.6. The second-order valence-corrected chi connectivity index (χ2v) is 5.32. The third kappa shape index (κ3) is 3.07. The molecule has 2 rings (SSSR count). The van der Waals surface area contributed by atoms with Gasteiger partial charge >= 0.3 is 0 Å². The number of anilines is 1. The van der Waals surface area contributed by atoms with Gasteiger partial charge in [0, 0.05) is 18.3 Å². The van der Waals surface area contributed by atoms with E-state index in [9.17, 15) is 9.90 Å². The molecule has 1 aromatic rings.